The first-order chi connectivity index (χ1) is 14.7. The number of fused-ring (bicyclic) bond motifs is 1. The van der Waals surface area contributed by atoms with Gasteiger partial charge in [-0.25, -0.2) is 9.78 Å². The number of hydrogen-bond donors (Lipinski definition) is 1. The molecule has 0 saturated heterocycles. The second-order valence-electron chi connectivity index (χ2n) is 7.08. The van der Waals surface area contributed by atoms with Gasteiger partial charge >= 0.3 is 12.2 Å². The minimum Gasteiger partial charge on any atom is -0.317 e. The molecular weight excluding hydrogens is 409 g/mol. The van der Waals surface area contributed by atoms with Gasteiger partial charge in [-0.15, -0.1) is 0 Å². The van der Waals surface area contributed by atoms with Crippen LogP contribution in [0.5, 0.6) is 0 Å². The Balaban J connectivity index is 1.90. The molecular formula is C22H23F3N4O2. The summed E-state index contributed by atoms with van der Waals surface area (Å²) >= 11 is 0. The third kappa shape index (κ3) is 4.55. The van der Waals surface area contributed by atoms with E-state index in [4.69, 9.17) is 0 Å². The number of rotatable bonds is 5. The molecule has 0 aliphatic rings. The Bertz CT molecular complexity index is 1140. The molecule has 0 spiro atoms. The van der Waals surface area contributed by atoms with Crippen molar-refractivity contribution in [2.75, 3.05) is 12.4 Å². The van der Waals surface area contributed by atoms with Crippen LogP contribution in [0.4, 0.5) is 23.7 Å². The number of amides is 2. The average Bonchev–Trinajstić information content (AvgIpc) is 2.74. The molecule has 1 aromatic heterocycles. The van der Waals surface area contributed by atoms with E-state index in [1.54, 1.807) is 35.9 Å². The Morgan fingerprint density at radius 1 is 1.13 bits per heavy atom. The van der Waals surface area contributed by atoms with Crippen molar-refractivity contribution in [1.82, 2.24) is 14.5 Å². The predicted molar refractivity (Wildman–Crippen MR) is 113 cm³/mol. The van der Waals surface area contributed by atoms with Crippen LogP contribution in [-0.4, -0.2) is 27.5 Å². The van der Waals surface area contributed by atoms with E-state index in [0.29, 0.717) is 29.7 Å². The molecule has 0 aliphatic carbocycles. The van der Waals surface area contributed by atoms with E-state index in [1.807, 2.05) is 13.8 Å². The van der Waals surface area contributed by atoms with Gasteiger partial charge < -0.3 is 10.2 Å². The van der Waals surface area contributed by atoms with Gasteiger partial charge in [-0.3, -0.25) is 9.36 Å². The summed E-state index contributed by atoms with van der Waals surface area (Å²) in [7, 11) is 1.56. The van der Waals surface area contributed by atoms with Crippen LogP contribution >= 0.6 is 0 Å². The third-order valence-electron chi connectivity index (χ3n) is 5.14. The molecule has 6 nitrogen and oxygen atoms in total. The zero-order valence-electron chi connectivity index (χ0n) is 17.4. The highest BCUT2D eigenvalue weighted by molar-refractivity contribution is 5.89. The first-order valence-electron chi connectivity index (χ1n) is 9.87. The second kappa shape index (κ2) is 8.79. The molecule has 1 N–H and O–H groups in total. The maximum atomic E-state index is 12.9. The lowest BCUT2D eigenvalue weighted by atomic mass is 10.1. The molecule has 1 heterocycles. The summed E-state index contributed by atoms with van der Waals surface area (Å²) in [6, 6.07) is 10.2. The molecule has 2 amide bonds. The van der Waals surface area contributed by atoms with E-state index < -0.39 is 23.8 Å². The lowest BCUT2D eigenvalue weighted by Gasteiger charge is -2.29. The SMILES string of the molecule is CCC(c1nc2ccccc2c(=O)n1CC)N(C)C(=O)Nc1ccc(C(F)(F)F)cc1. The Hall–Kier alpha value is -3.36. The van der Waals surface area contributed by atoms with Crippen molar-refractivity contribution in [1.29, 1.82) is 0 Å². The van der Waals surface area contributed by atoms with Crippen LogP contribution in [0.1, 0.15) is 37.7 Å². The van der Waals surface area contributed by atoms with Crippen LogP contribution in [0.15, 0.2) is 53.3 Å². The van der Waals surface area contributed by atoms with E-state index >= 15 is 0 Å². The third-order valence-corrected chi connectivity index (χ3v) is 5.14. The van der Waals surface area contributed by atoms with Crippen molar-refractivity contribution in [2.45, 2.75) is 39.0 Å². The van der Waals surface area contributed by atoms with Crippen molar-refractivity contribution in [3.63, 3.8) is 0 Å². The number of anilines is 1. The molecule has 0 aliphatic heterocycles. The lowest BCUT2D eigenvalue weighted by molar-refractivity contribution is -0.137. The Kier molecular flexibility index (Phi) is 6.33. The van der Waals surface area contributed by atoms with Crippen LogP contribution in [0.3, 0.4) is 0 Å². The van der Waals surface area contributed by atoms with E-state index in [1.165, 1.54) is 17.0 Å². The number of halogens is 3. The van der Waals surface area contributed by atoms with Gasteiger partial charge in [0.25, 0.3) is 5.56 Å². The zero-order chi connectivity index (χ0) is 22.8. The zero-order valence-corrected chi connectivity index (χ0v) is 17.4. The summed E-state index contributed by atoms with van der Waals surface area (Å²) in [6.07, 6.45) is -3.96. The number of alkyl halides is 3. The molecule has 1 atom stereocenters. The largest absolute Gasteiger partial charge is 0.416 e. The van der Waals surface area contributed by atoms with Crippen molar-refractivity contribution in [3.05, 3.63) is 70.3 Å². The number of nitrogens with zero attached hydrogens (tertiary/aromatic N) is 3. The fourth-order valence-electron chi connectivity index (χ4n) is 3.47. The Labute approximate surface area is 177 Å². The summed E-state index contributed by atoms with van der Waals surface area (Å²) in [5, 5.41) is 3.10. The van der Waals surface area contributed by atoms with Crippen molar-refractivity contribution < 1.29 is 18.0 Å². The molecule has 3 aromatic rings. The maximum Gasteiger partial charge on any atom is 0.416 e. The predicted octanol–water partition coefficient (Wildman–Crippen LogP) is 5.05. The summed E-state index contributed by atoms with van der Waals surface area (Å²) in [4.78, 5) is 31.7. The number of carbonyl (C=O) groups excluding carboxylic acids is 1. The van der Waals surface area contributed by atoms with Gasteiger partial charge in [0, 0.05) is 19.3 Å². The monoisotopic (exact) mass is 432 g/mol. The standard InChI is InChI=1S/C22H23F3N4O2/c1-4-18(19-27-17-9-7-6-8-16(17)20(30)29(19)5-2)28(3)21(31)26-15-12-10-14(11-13-15)22(23,24)25/h6-13,18H,4-5H2,1-3H3,(H,26,31). The fourth-order valence-corrected chi connectivity index (χ4v) is 3.47. The van der Waals surface area contributed by atoms with Crippen LogP contribution in [0.2, 0.25) is 0 Å². The van der Waals surface area contributed by atoms with Crippen LogP contribution in [-0.2, 0) is 12.7 Å². The number of urea groups is 1. The van der Waals surface area contributed by atoms with Gasteiger partial charge in [-0.05, 0) is 49.7 Å². The van der Waals surface area contributed by atoms with Gasteiger partial charge in [0.2, 0.25) is 0 Å². The normalized spacial score (nSPS) is 12.6. The van der Waals surface area contributed by atoms with E-state index in [9.17, 15) is 22.8 Å². The minimum atomic E-state index is -4.45. The highest BCUT2D eigenvalue weighted by Gasteiger charge is 2.30. The quantitative estimate of drug-likeness (QED) is 0.614. The Morgan fingerprint density at radius 3 is 2.35 bits per heavy atom. The van der Waals surface area contributed by atoms with E-state index in [0.717, 1.165) is 12.1 Å². The second-order valence-corrected chi connectivity index (χ2v) is 7.08. The first-order valence-corrected chi connectivity index (χ1v) is 9.87. The average molecular weight is 432 g/mol. The minimum absolute atomic E-state index is 0.182. The molecule has 2 aromatic carbocycles. The fraction of sp³-hybridized carbons (Fsp3) is 0.318. The van der Waals surface area contributed by atoms with Crippen molar-refractivity contribution in [2.24, 2.45) is 0 Å². The van der Waals surface area contributed by atoms with Crippen molar-refractivity contribution in [3.8, 4) is 0 Å². The highest BCUT2D eigenvalue weighted by atomic mass is 19.4. The summed E-state index contributed by atoms with van der Waals surface area (Å²) in [5.41, 5.74) is -0.197. The smallest absolute Gasteiger partial charge is 0.317 e. The molecule has 9 heteroatoms. The van der Waals surface area contributed by atoms with Gasteiger partial charge in [0.1, 0.15) is 5.82 Å². The van der Waals surface area contributed by atoms with E-state index in [-0.39, 0.29) is 11.2 Å². The molecule has 0 radical (unpaired) electrons. The number of para-hydroxylation sites is 1. The van der Waals surface area contributed by atoms with Gasteiger partial charge in [0.05, 0.1) is 22.5 Å². The molecule has 0 fully saturated rings. The molecule has 164 valence electrons. The molecule has 31 heavy (non-hydrogen) atoms. The molecule has 3 rings (SSSR count). The number of nitrogens with one attached hydrogen (secondary N) is 1. The van der Waals surface area contributed by atoms with Crippen LogP contribution in [0, 0.1) is 0 Å². The maximum absolute atomic E-state index is 12.9. The van der Waals surface area contributed by atoms with Gasteiger partial charge in [-0.1, -0.05) is 19.1 Å². The number of aromatic nitrogens is 2. The van der Waals surface area contributed by atoms with Crippen LogP contribution < -0.4 is 10.9 Å². The van der Waals surface area contributed by atoms with Crippen LogP contribution in [0.25, 0.3) is 10.9 Å². The van der Waals surface area contributed by atoms with Gasteiger partial charge in [0.15, 0.2) is 0 Å². The number of benzene rings is 2. The summed E-state index contributed by atoms with van der Waals surface area (Å²) in [5.74, 6) is 0.457. The highest BCUT2D eigenvalue weighted by Crippen LogP contribution is 2.30. The van der Waals surface area contributed by atoms with E-state index in [2.05, 4.69) is 10.3 Å². The number of hydrogen-bond acceptors (Lipinski definition) is 3. The van der Waals surface area contributed by atoms with Gasteiger partial charge in [-0.2, -0.15) is 13.2 Å². The molecule has 1 unspecified atom stereocenters. The summed E-state index contributed by atoms with van der Waals surface area (Å²) in [6.45, 7) is 4.08. The number of carbonyl (C=O) groups is 1. The Morgan fingerprint density at radius 2 is 1.77 bits per heavy atom. The lowest BCUT2D eigenvalue weighted by Crippen LogP contribution is -2.38. The topological polar surface area (TPSA) is 67.2 Å². The molecule has 0 bridgehead atoms. The first kappa shape index (κ1) is 22.3. The van der Waals surface area contributed by atoms with Crippen molar-refractivity contribution >= 4 is 22.6 Å². The molecule has 0 saturated carbocycles. The summed E-state index contributed by atoms with van der Waals surface area (Å²) < 4.78 is 39.7.